The average molecular weight is 295 g/mol. The number of amides is 1. The molecule has 1 amide bonds. The molecule has 0 aliphatic carbocycles. The maximum atomic E-state index is 11.9. The van der Waals surface area contributed by atoms with Gasteiger partial charge in [0.2, 0.25) is 5.91 Å². The Bertz CT molecular complexity index is 607. The third-order valence-electron chi connectivity index (χ3n) is 3.42. The highest BCUT2D eigenvalue weighted by molar-refractivity contribution is 5.76. The largest absolute Gasteiger partial charge is 0.481 e. The van der Waals surface area contributed by atoms with Crippen LogP contribution in [-0.2, 0) is 16.1 Å². The number of aliphatic carboxylic acids is 1. The van der Waals surface area contributed by atoms with E-state index in [1.165, 1.54) is 4.57 Å². The van der Waals surface area contributed by atoms with E-state index in [0.717, 1.165) is 0 Å². The molecule has 1 aromatic rings. The van der Waals surface area contributed by atoms with Crippen molar-refractivity contribution in [3.05, 3.63) is 27.4 Å². The zero-order chi connectivity index (χ0) is 16.2. The molecule has 1 aromatic heterocycles. The summed E-state index contributed by atoms with van der Waals surface area (Å²) >= 11 is 0. The molecule has 0 saturated carbocycles. The average Bonchev–Trinajstić information content (AvgIpc) is 2.37. The number of carboxylic acids is 1. The number of rotatable bonds is 6. The fraction of sp³-hybridized carbons (Fsp3) is 0.571. The first kappa shape index (κ1) is 16.9. The fourth-order valence-electron chi connectivity index (χ4n) is 2.33. The molecule has 0 bridgehead atoms. The molecular weight excluding hydrogens is 274 g/mol. The van der Waals surface area contributed by atoms with Crippen LogP contribution in [0.1, 0.15) is 43.1 Å². The van der Waals surface area contributed by atoms with Gasteiger partial charge < -0.3 is 10.4 Å². The van der Waals surface area contributed by atoms with Gasteiger partial charge in [-0.3, -0.25) is 14.2 Å². The fourth-order valence-corrected chi connectivity index (χ4v) is 2.33. The number of carboxylic acid groups (broad SMARTS) is 1. The van der Waals surface area contributed by atoms with Crippen LogP contribution in [0.2, 0.25) is 0 Å². The molecule has 0 saturated heterocycles. The Morgan fingerprint density at radius 2 is 2.00 bits per heavy atom. The van der Waals surface area contributed by atoms with Gasteiger partial charge in [0, 0.05) is 36.5 Å². The normalized spacial score (nSPS) is 12.0. The van der Waals surface area contributed by atoms with Crippen LogP contribution in [0.15, 0.2) is 4.79 Å². The lowest BCUT2D eigenvalue weighted by molar-refractivity contribution is -0.138. The minimum atomic E-state index is -0.975. The summed E-state index contributed by atoms with van der Waals surface area (Å²) in [7, 11) is 0. The number of carbonyl (C=O) groups excluding carboxylic acids is 1. The standard InChI is InChI=1S/C14H21N3O4/c1-5-15-11(18)6-7-17-10(4)12(8(2)13(19)20)9(3)16-14(17)21/h8H,5-7H2,1-4H3,(H,15,18)(H,19,20). The summed E-state index contributed by atoms with van der Waals surface area (Å²) < 4.78 is 1.36. The first-order valence-electron chi connectivity index (χ1n) is 6.87. The summed E-state index contributed by atoms with van der Waals surface area (Å²) in [6.07, 6.45) is 0.153. The van der Waals surface area contributed by atoms with Gasteiger partial charge in [0.05, 0.1) is 5.92 Å². The van der Waals surface area contributed by atoms with Crippen LogP contribution < -0.4 is 11.0 Å². The second-order valence-corrected chi connectivity index (χ2v) is 4.89. The highest BCUT2D eigenvalue weighted by Crippen LogP contribution is 2.21. The zero-order valence-electron chi connectivity index (χ0n) is 12.8. The lowest BCUT2D eigenvalue weighted by Gasteiger charge is -2.17. The number of nitrogens with zero attached hydrogens (tertiary/aromatic N) is 2. The van der Waals surface area contributed by atoms with E-state index < -0.39 is 17.6 Å². The minimum absolute atomic E-state index is 0.153. The number of hydrogen-bond donors (Lipinski definition) is 2. The van der Waals surface area contributed by atoms with Crippen LogP contribution in [0.5, 0.6) is 0 Å². The van der Waals surface area contributed by atoms with E-state index in [9.17, 15) is 14.4 Å². The quantitative estimate of drug-likeness (QED) is 0.799. The van der Waals surface area contributed by atoms with Gasteiger partial charge in [0.1, 0.15) is 0 Å². The van der Waals surface area contributed by atoms with E-state index in [0.29, 0.717) is 23.5 Å². The Kier molecular flexibility index (Phi) is 5.63. The SMILES string of the molecule is CCNC(=O)CCn1c(C)c(C(C)C(=O)O)c(C)nc1=O. The Balaban J connectivity index is 3.16. The third kappa shape index (κ3) is 3.90. The molecule has 2 N–H and O–H groups in total. The van der Waals surface area contributed by atoms with Crippen molar-refractivity contribution in [1.29, 1.82) is 0 Å². The van der Waals surface area contributed by atoms with Gasteiger partial charge in [-0.15, -0.1) is 0 Å². The van der Waals surface area contributed by atoms with Gasteiger partial charge in [0.25, 0.3) is 0 Å². The van der Waals surface area contributed by atoms with E-state index >= 15 is 0 Å². The van der Waals surface area contributed by atoms with Crippen molar-refractivity contribution >= 4 is 11.9 Å². The Morgan fingerprint density at radius 1 is 1.38 bits per heavy atom. The molecule has 1 atom stereocenters. The van der Waals surface area contributed by atoms with Crippen LogP contribution in [0.3, 0.4) is 0 Å². The lowest BCUT2D eigenvalue weighted by atomic mass is 9.98. The molecule has 7 nitrogen and oxygen atoms in total. The first-order chi connectivity index (χ1) is 9.79. The van der Waals surface area contributed by atoms with E-state index in [4.69, 9.17) is 5.11 Å². The number of hydrogen-bond acceptors (Lipinski definition) is 4. The highest BCUT2D eigenvalue weighted by atomic mass is 16.4. The van der Waals surface area contributed by atoms with Crippen LogP contribution in [0.4, 0.5) is 0 Å². The van der Waals surface area contributed by atoms with E-state index in [2.05, 4.69) is 10.3 Å². The molecule has 0 aliphatic rings. The van der Waals surface area contributed by atoms with Gasteiger partial charge in [-0.25, -0.2) is 4.79 Å². The molecular formula is C14H21N3O4. The van der Waals surface area contributed by atoms with Crippen molar-refractivity contribution in [3.63, 3.8) is 0 Å². The third-order valence-corrected chi connectivity index (χ3v) is 3.42. The molecule has 7 heteroatoms. The summed E-state index contributed by atoms with van der Waals surface area (Å²) in [5.74, 6) is -1.89. The zero-order valence-corrected chi connectivity index (χ0v) is 12.8. The van der Waals surface area contributed by atoms with Crippen molar-refractivity contribution in [2.75, 3.05) is 6.54 Å². The predicted molar refractivity (Wildman–Crippen MR) is 77.3 cm³/mol. The number of aromatic nitrogens is 2. The van der Waals surface area contributed by atoms with Crippen molar-refractivity contribution in [2.45, 2.75) is 46.6 Å². The molecule has 0 radical (unpaired) electrons. The summed E-state index contributed by atoms with van der Waals surface area (Å²) in [6.45, 7) is 7.39. The predicted octanol–water partition coefficient (Wildman–Crippen LogP) is 0.574. The van der Waals surface area contributed by atoms with Crippen molar-refractivity contribution in [1.82, 2.24) is 14.9 Å². The molecule has 116 valence electrons. The van der Waals surface area contributed by atoms with Crippen LogP contribution in [0.25, 0.3) is 0 Å². The summed E-state index contributed by atoms with van der Waals surface area (Å²) in [6, 6.07) is 0. The van der Waals surface area contributed by atoms with Gasteiger partial charge >= 0.3 is 11.7 Å². The van der Waals surface area contributed by atoms with Crippen LogP contribution in [-0.4, -0.2) is 33.1 Å². The maximum absolute atomic E-state index is 11.9. The molecule has 0 aromatic carbocycles. The van der Waals surface area contributed by atoms with Crippen LogP contribution >= 0.6 is 0 Å². The molecule has 1 unspecified atom stereocenters. The monoisotopic (exact) mass is 295 g/mol. The summed E-state index contributed by atoms with van der Waals surface area (Å²) in [5, 5.41) is 11.8. The molecule has 0 fully saturated rings. The van der Waals surface area contributed by atoms with E-state index in [1.54, 1.807) is 20.8 Å². The number of nitrogens with one attached hydrogen (secondary N) is 1. The van der Waals surface area contributed by atoms with Gasteiger partial charge in [-0.1, -0.05) is 0 Å². The smallest absolute Gasteiger partial charge is 0.347 e. The van der Waals surface area contributed by atoms with E-state index in [-0.39, 0.29) is 18.9 Å². The van der Waals surface area contributed by atoms with E-state index in [1.807, 2.05) is 6.92 Å². The van der Waals surface area contributed by atoms with Gasteiger partial charge in [0.15, 0.2) is 0 Å². The van der Waals surface area contributed by atoms with Crippen molar-refractivity contribution < 1.29 is 14.7 Å². The summed E-state index contributed by atoms with van der Waals surface area (Å²) in [5.41, 5.74) is 1.03. The summed E-state index contributed by atoms with van der Waals surface area (Å²) in [4.78, 5) is 38.5. The van der Waals surface area contributed by atoms with Crippen molar-refractivity contribution in [2.24, 2.45) is 0 Å². The lowest BCUT2D eigenvalue weighted by Crippen LogP contribution is -2.32. The second kappa shape index (κ2) is 7.01. The Morgan fingerprint density at radius 3 is 2.52 bits per heavy atom. The van der Waals surface area contributed by atoms with Crippen molar-refractivity contribution in [3.8, 4) is 0 Å². The Labute approximate surface area is 123 Å². The second-order valence-electron chi connectivity index (χ2n) is 4.89. The number of aryl methyl sites for hydroxylation is 1. The van der Waals surface area contributed by atoms with Gasteiger partial charge in [-0.2, -0.15) is 4.98 Å². The topological polar surface area (TPSA) is 101 Å². The highest BCUT2D eigenvalue weighted by Gasteiger charge is 2.22. The molecule has 1 heterocycles. The Hall–Kier alpha value is -2.18. The van der Waals surface area contributed by atoms with Gasteiger partial charge in [-0.05, 0) is 27.7 Å². The molecule has 0 aliphatic heterocycles. The molecule has 1 rings (SSSR count). The molecule has 0 spiro atoms. The minimum Gasteiger partial charge on any atom is -0.481 e. The first-order valence-corrected chi connectivity index (χ1v) is 6.87. The maximum Gasteiger partial charge on any atom is 0.347 e. The molecule has 21 heavy (non-hydrogen) atoms. The number of carbonyl (C=O) groups is 2. The van der Waals surface area contributed by atoms with Crippen LogP contribution in [0, 0.1) is 13.8 Å².